The zero-order chi connectivity index (χ0) is 14.7. The molecule has 0 unspecified atom stereocenters. The summed E-state index contributed by atoms with van der Waals surface area (Å²) in [5.74, 6) is -0.0239. The summed E-state index contributed by atoms with van der Waals surface area (Å²) in [5.41, 5.74) is -0.468. The lowest BCUT2D eigenvalue weighted by atomic mass is 9.89. The minimum Gasteiger partial charge on any atom is -0.459 e. The van der Waals surface area contributed by atoms with E-state index in [-0.39, 0.29) is 22.4 Å². The molecule has 2 rings (SSSR count). The molecule has 0 heterocycles. The molecule has 0 saturated heterocycles. The molecule has 108 valence electrons. The normalized spacial score (nSPS) is 22.3. The van der Waals surface area contributed by atoms with Gasteiger partial charge < -0.3 is 4.74 Å². The Morgan fingerprint density at radius 3 is 2.60 bits per heavy atom. The van der Waals surface area contributed by atoms with Crippen molar-refractivity contribution in [2.45, 2.75) is 38.7 Å². The summed E-state index contributed by atoms with van der Waals surface area (Å²) in [6.45, 7) is 2.17. The predicted molar refractivity (Wildman–Crippen MR) is 74.9 cm³/mol. The average molecular weight is 298 g/mol. The summed E-state index contributed by atoms with van der Waals surface area (Å²) in [4.78, 5) is 22.4. The van der Waals surface area contributed by atoms with Crippen LogP contribution in [0, 0.1) is 16.0 Å². The second-order valence-electron chi connectivity index (χ2n) is 5.18. The zero-order valence-electron chi connectivity index (χ0n) is 11.2. The number of halogens is 1. The fraction of sp³-hybridized carbons (Fsp3) is 0.500. The Morgan fingerprint density at radius 2 is 2.00 bits per heavy atom. The Balaban J connectivity index is 2.13. The Kier molecular flexibility index (Phi) is 4.60. The van der Waals surface area contributed by atoms with Gasteiger partial charge in [-0.1, -0.05) is 24.6 Å². The smallest absolute Gasteiger partial charge is 0.345 e. The number of ether oxygens (including phenoxy) is 1. The first-order valence-corrected chi connectivity index (χ1v) is 7.00. The van der Waals surface area contributed by atoms with Crippen LogP contribution in [-0.4, -0.2) is 17.0 Å². The maximum Gasteiger partial charge on any atom is 0.345 e. The summed E-state index contributed by atoms with van der Waals surface area (Å²) in [7, 11) is 0. The summed E-state index contributed by atoms with van der Waals surface area (Å²) in [6.07, 6.45) is 3.48. The largest absolute Gasteiger partial charge is 0.459 e. The highest BCUT2D eigenvalue weighted by Crippen LogP contribution is 2.31. The Morgan fingerprint density at radius 1 is 1.35 bits per heavy atom. The number of hydrogen-bond acceptors (Lipinski definition) is 4. The molecule has 1 aliphatic rings. The molecular weight excluding hydrogens is 282 g/mol. The first kappa shape index (κ1) is 14.8. The van der Waals surface area contributed by atoms with E-state index in [0.29, 0.717) is 5.92 Å². The van der Waals surface area contributed by atoms with E-state index < -0.39 is 10.9 Å². The van der Waals surface area contributed by atoms with Crippen molar-refractivity contribution in [2.75, 3.05) is 0 Å². The molecule has 0 atom stereocenters. The topological polar surface area (TPSA) is 69.4 Å². The maximum absolute atomic E-state index is 12.1. The predicted octanol–water partition coefficient (Wildman–Crippen LogP) is 3.98. The summed E-state index contributed by atoms with van der Waals surface area (Å²) >= 11 is 5.78. The maximum atomic E-state index is 12.1. The van der Waals surface area contributed by atoms with Crippen molar-refractivity contribution in [3.63, 3.8) is 0 Å². The van der Waals surface area contributed by atoms with Crippen LogP contribution in [0.2, 0.25) is 5.02 Å². The summed E-state index contributed by atoms with van der Waals surface area (Å²) in [6, 6.07) is 4.27. The number of nitro groups is 1. The fourth-order valence-electron chi connectivity index (χ4n) is 2.43. The minimum atomic E-state index is -0.668. The average Bonchev–Trinajstić information content (AvgIpc) is 2.40. The molecule has 1 aliphatic carbocycles. The van der Waals surface area contributed by atoms with Gasteiger partial charge in [0, 0.05) is 0 Å². The van der Waals surface area contributed by atoms with Gasteiger partial charge in [-0.15, -0.1) is 0 Å². The Labute approximate surface area is 122 Å². The van der Waals surface area contributed by atoms with E-state index in [2.05, 4.69) is 6.92 Å². The van der Waals surface area contributed by atoms with Gasteiger partial charge >= 0.3 is 11.7 Å². The van der Waals surface area contributed by atoms with E-state index >= 15 is 0 Å². The minimum absolute atomic E-state index is 0.0540. The molecule has 0 aromatic heterocycles. The summed E-state index contributed by atoms with van der Waals surface area (Å²) in [5, 5.41) is 10.9. The van der Waals surface area contributed by atoms with Gasteiger partial charge in [0.25, 0.3) is 0 Å². The van der Waals surface area contributed by atoms with Crippen LogP contribution >= 0.6 is 11.6 Å². The van der Waals surface area contributed by atoms with Gasteiger partial charge in [0.15, 0.2) is 0 Å². The van der Waals surface area contributed by atoms with E-state index in [1.165, 1.54) is 18.2 Å². The standard InChI is InChI=1S/C14H16ClNO4/c1-9-5-7-10(8-6-9)20-14(17)11-3-2-4-12(15)13(11)16(18)19/h2-4,9-10H,5-8H2,1H3. The van der Waals surface area contributed by atoms with Crippen LogP contribution in [0.5, 0.6) is 0 Å². The van der Waals surface area contributed by atoms with Crippen molar-refractivity contribution < 1.29 is 14.5 Å². The molecule has 1 aromatic rings. The third-order valence-electron chi connectivity index (χ3n) is 3.63. The van der Waals surface area contributed by atoms with Gasteiger partial charge in [0.05, 0.1) is 4.92 Å². The number of rotatable bonds is 3. The highest BCUT2D eigenvalue weighted by atomic mass is 35.5. The van der Waals surface area contributed by atoms with Crippen LogP contribution < -0.4 is 0 Å². The molecule has 0 aliphatic heterocycles. The van der Waals surface area contributed by atoms with Crippen LogP contribution in [-0.2, 0) is 4.74 Å². The summed E-state index contributed by atoms with van der Waals surface area (Å²) < 4.78 is 5.37. The van der Waals surface area contributed by atoms with Crippen LogP contribution in [0.15, 0.2) is 18.2 Å². The molecule has 0 N–H and O–H groups in total. The number of carbonyl (C=O) groups is 1. The number of hydrogen-bond donors (Lipinski definition) is 0. The van der Waals surface area contributed by atoms with Crippen LogP contribution in [0.3, 0.4) is 0 Å². The van der Waals surface area contributed by atoms with Crippen molar-refractivity contribution in [2.24, 2.45) is 5.92 Å². The molecular formula is C14H16ClNO4. The third-order valence-corrected chi connectivity index (χ3v) is 3.93. The van der Waals surface area contributed by atoms with Crippen molar-refractivity contribution in [1.29, 1.82) is 0 Å². The van der Waals surface area contributed by atoms with Gasteiger partial charge in [0.1, 0.15) is 16.7 Å². The zero-order valence-corrected chi connectivity index (χ0v) is 11.9. The molecule has 1 fully saturated rings. The lowest BCUT2D eigenvalue weighted by Gasteiger charge is -2.25. The van der Waals surface area contributed by atoms with Gasteiger partial charge in [-0.2, -0.15) is 0 Å². The fourth-order valence-corrected chi connectivity index (χ4v) is 2.67. The van der Waals surface area contributed by atoms with Crippen molar-refractivity contribution in [3.8, 4) is 0 Å². The number of esters is 1. The quantitative estimate of drug-likeness (QED) is 0.480. The monoisotopic (exact) mass is 297 g/mol. The number of para-hydroxylation sites is 1. The molecule has 5 nitrogen and oxygen atoms in total. The SMILES string of the molecule is CC1CCC(OC(=O)c2cccc(Cl)c2[N+](=O)[O-])CC1. The lowest BCUT2D eigenvalue weighted by molar-refractivity contribution is -0.385. The molecule has 1 aromatic carbocycles. The van der Waals surface area contributed by atoms with E-state index in [4.69, 9.17) is 16.3 Å². The number of nitrogens with zero attached hydrogens (tertiary/aromatic N) is 1. The van der Waals surface area contributed by atoms with Crippen molar-refractivity contribution in [3.05, 3.63) is 38.9 Å². The number of nitro benzene ring substituents is 1. The Bertz CT molecular complexity index is 524. The van der Waals surface area contributed by atoms with E-state index in [9.17, 15) is 14.9 Å². The van der Waals surface area contributed by atoms with Crippen molar-refractivity contribution in [1.82, 2.24) is 0 Å². The molecule has 0 bridgehead atoms. The first-order valence-electron chi connectivity index (χ1n) is 6.63. The van der Waals surface area contributed by atoms with Crippen LogP contribution in [0.1, 0.15) is 43.0 Å². The molecule has 1 saturated carbocycles. The van der Waals surface area contributed by atoms with E-state index in [0.717, 1.165) is 25.7 Å². The van der Waals surface area contributed by atoms with Gasteiger partial charge in [-0.3, -0.25) is 10.1 Å². The highest BCUT2D eigenvalue weighted by molar-refractivity contribution is 6.33. The van der Waals surface area contributed by atoms with Crippen molar-refractivity contribution >= 4 is 23.3 Å². The third kappa shape index (κ3) is 3.28. The van der Waals surface area contributed by atoms with Gasteiger partial charge in [-0.05, 0) is 43.7 Å². The first-order chi connectivity index (χ1) is 9.49. The van der Waals surface area contributed by atoms with Gasteiger partial charge in [-0.25, -0.2) is 4.79 Å². The second kappa shape index (κ2) is 6.22. The van der Waals surface area contributed by atoms with Crippen LogP contribution in [0.4, 0.5) is 5.69 Å². The molecule has 6 heteroatoms. The van der Waals surface area contributed by atoms with Crippen LogP contribution in [0.25, 0.3) is 0 Å². The lowest BCUT2D eigenvalue weighted by Crippen LogP contribution is -2.24. The molecule has 20 heavy (non-hydrogen) atoms. The Hall–Kier alpha value is -1.62. The number of benzene rings is 1. The van der Waals surface area contributed by atoms with E-state index in [1.807, 2.05) is 0 Å². The van der Waals surface area contributed by atoms with E-state index in [1.54, 1.807) is 0 Å². The molecule has 0 amide bonds. The molecule has 0 spiro atoms. The molecule has 0 radical (unpaired) electrons. The second-order valence-corrected chi connectivity index (χ2v) is 5.59. The highest BCUT2D eigenvalue weighted by Gasteiger charge is 2.28. The van der Waals surface area contributed by atoms with Gasteiger partial charge in [0.2, 0.25) is 0 Å². The number of carbonyl (C=O) groups excluding carboxylic acids is 1.